The summed E-state index contributed by atoms with van der Waals surface area (Å²) < 4.78 is 5.33. The monoisotopic (exact) mass is 395 g/mol. The molecule has 7 nitrogen and oxygen atoms in total. The number of pyridine rings is 1. The lowest BCUT2D eigenvalue weighted by molar-refractivity contribution is -0.135. The highest BCUT2D eigenvalue weighted by atomic mass is 16.5. The third-order valence-corrected chi connectivity index (χ3v) is 5.88. The van der Waals surface area contributed by atoms with E-state index in [0.717, 1.165) is 68.1 Å². The van der Waals surface area contributed by atoms with Crippen molar-refractivity contribution in [3.8, 4) is 11.1 Å². The van der Waals surface area contributed by atoms with Gasteiger partial charge >= 0.3 is 0 Å². The molecule has 0 spiro atoms. The molecule has 0 radical (unpaired) electrons. The number of ether oxygens (including phenoxy) is 1. The van der Waals surface area contributed by atoms with Crippen LogP contribution in [0, 0.1) is 6.92 Å². The molecule has 0 aromatic carbocycles. The second kappa shape index (κ2) is 9.41. The first-order valence-corrected chi connectivity index (χ1v) is 10.5. The van der Waals surface area contributed by atoms with Crippen molar-refractivity contribution in [2.75, 3.05) is 45.9 Å². The number of aromatic nitrogens is 3. The lowest BCUT2D eigenvalue weighted by Crippen LogP contribution is -2.42. The molecule has 2 aliphatic rings. The summed E-state index contributed by atoms with van der Waals surface area (Å²) >= 11 is 0. The highest BCUT2D eigenvalue weighted by Crippen LogP contribution is 2.30. The minimum absolute atomic E-state index is 0.255. The molecule has 0 bridgehead atoms. The van der Waals surface area contributed by atoms with E-state index in [1.807, 2.05) is 24.2 Å². The van der Waals surface area contributed by atoms with Crippen molar-refractivity contribution in [2.45, 2.75) is 32.1 Å². The van der Waals surface area contributed by atoms with Crippen LogP contribution in [0.3, 0.4) is 0 Å². The first kappa shape index (κ1) is 19.9. The van der Waals surface area contributed by atoms with E-state index in [4.69, 9.17) is 9.72 Å². The maximum Gasteiger partial charge on any atom is 0.224 e. The van der Waals surface area contributed by atoms with Crippen LogP contribution in [-0.4, -0.2) is 76.6 Å². The topological polar surface area (TPSA) is 71.5 Å². The van der Waals surface area contributed by atoms with Crippen LogP contribution in [-0.2, 0) is 9.53 Å². The van der Waals surface area contributed by atoms with E-state index >= 15 is 0 Å². The predicted molar refractivity (Wildman–Crippen MR) is 110 cm³/mol. The van der Waals surface area contributed by atoms with Gasteiger partial charge in [-0.1, -0.05) is 0 Å². The summed E-state index contributed by atoms with van der Waals surface area (Å²) in [5, 5.41) is 0. The van der Waals surface area contributed by atoms with Crippen LogP contribution in [0.1, 0.15) is 36.6 Å². The molecule has 0 saturated carbocycles. The van der Waals surface area contributed by atoms with E-state index in [2.05, 4.69) is 27.0 Å². The second-order valence-corrected chi connectivity index (χ2v) is 7.91. The van der Waals surface area contributed by atoms with Crippen molar-refractivity contribution in [2.24, 2.45) is 0 Å². The summed E-state index contributed by atoms with van der Waals surface area (Å²) in [7, 11) is 0. The van der Waals surface area contributed by atoms with Crippen molar-refractivity contribution in [1.82, 2.24) is 24.8 Å². The van der Waals surface area contributed by atoms with Crippen LogP contribution in [0.2, 0.25) is 0 Å². The largest absolute Gasteiger partial charge is 0.378 e. The van der Waals surface area contributed by atoms with Gasteiger partial charge in [0.2, 0.25) is 5.91 Å². The predicted octanol–water partition coefficient (Wildman–Crippen LogP) is 2.28. The van der Waals surface area contributed by atoms with Crippen molar-refractivity contribution < 1.29 is 9.53 Å². The van der Waals surface area contributed by atoms with Gasteiger partial charge in [0, 0.05) is 61.3 Å². The van der Waals surface area contributed by atoms with E-state index in [9.17, 15) is 4.79 Å². The van der Waals surface area contributed by atoms with E-state index in [-0.39, 0.29) is 5.91 Å². The van der Waals surface area contributed by atoms with Gasteiger partial charge < -0.3 is 14.5 Å². The van der Waals surface area contributed by atoms with Crippen molar-refractivity contribution in [3.63, 3.8) is 0 Å². The maximum absolute atomic E-state index is 12.4. The van der Waals surface area contributed by atoms with Crippen molar-refractivity contribution >= 4 is 5.91 Å². The minimum atomic E-state index is 0.255. The second-order valence-electron chi connectivity index (χ2n) is 7.91. The highest BCUT2D eigenvalue weighted by molar-refractivity contribution is 5.76. The average Bonchev–Trinajstić information content (AvgIpc) is 2.78. The molecule has 1 amide bonds. The summed E-state index contributed by atoms with van der Waals surface area (Å²) in [5.41, 5.74) is 4.35. The van der Waals surface area contributed by atoms with Crippen LogP contribution in [0.4, 0.5) is 0 Å². The van der Waals surface area contributed by atoms with Gasteiger partial charge in [0.15, 0.2) is 0 Å². The Labute approximate surface area is 172 Å². The van der Waals surface area contributed by atoms with E-state index in [1.165, 1.54) is 0 Å². The number of carbonyl (C=O) groups is 1. The third-order valence-electron chi connectivity index (χ3n) is 5.88. The van der Waals surface area contributed by atoms with Gasteiger partial charge in [0.25, 0.3) is 0 Å². The van der Waals surface area contributed by atoms with Gasteiger partial charge in [-0.05, 0) is 50.6 Å². The number of hydrogen-bond acceptors (Lipinski definition) is 6. The number of aryl methyl sites for hydroxylation is 1. The number of piperidine rings is 1. The normalized spacial score (nSPS) is 18.7. The van der Waals surface area contributed by atoms with E-state index < -0.39 is 0 Å². The SMILES string of the molecule is Cc1cc(-c2cncnc2)cc(C2CCN(CCC(=O)N3CCOCC3)CC2)n1. The summed E-state index contributed by atoms with van der Waals surface area (Å²) in [4.78, 5) is 29.8. The Morgan fingerprint density at radius 3 is 2.52 bits per heavy atom. The Morgan fingerprint density at radius 2 is 1.79 bits per heavy atom. The zero-order valence-corrected chi connectivity index (χ0v) is 17.1. The van der Waals surface area contributed by atoms with Crippen molar-refractivity contribution in [1.29, 1.82) is 0 Å². The number of carbonyl (C=O) groups excluding carboxylic acids is 1. The molecule has 0 N–H and O–H groups in total. The molecule has 0 unspecified atom stereocenters. The number of likely N-dealkylation sites (tertiary alicyclic amines) is 1. The number of nitrogens with zero attached hydrogens (tertiary/aromatic N) is 5. The standard InChI is InChI=1S/C22H29N5O2/c1-17-12-19(20-14-23-16-24-15-20)13-21(25-17)18-2-5-26(6-3-18)7-4-22(28)27-8-10-29-11-9-27/h12-16,18H,2-11H2,1H3. The molecule has 2 aromatic rings. The number of hydrogen-bond donors (Lipinski definition) is 0. The summed E-state index contributed by atoms with van der Waals surface area (Å²) in [5.74, 6) is 0.718. The zero-order valence-electron chi connectivity index (χ0n) is 17.1. The molecule has 2 aromatic heterocycles. The Bertz CT molecular complexity index is 815. The fourth-order valence-corrected chi connectivity index (χ4v) is 4.20. The Morgan fingerprint density at radius 1 is 1.07 bits per heavy atom. The number of amides is 1. The number of morpholine rings is 1. The maximum atomic E-state index is 12.4. The summed E-state index contributed by atoms with van der Waals surface area (Å²) in [6.07, 6.45) is 8.00. The van der Waals surface area contributed by atoms with Gasteiger partial charge in [-0.2, -0.15) is 0 Å². The lowest BCUT2D eigenvalue weighted by atomic mass is 9.91. The Kier molecular flexibility index (Phi) is 6.46. The van der Waals surface area contributed by atoms with Gasteiger partial charge in [0.1, 0.15) is 6.33 Å². The van der Waals surface area contributed by atoms with Crippen LogP contribution in [0.15, 0.2) is 30.9 Å². The summed E-state index contributed by atoms with van der Waals surface area (Å²) in [6, 6.07) is 4.28. The molecule has 2 fully saturated rings. The molecule has 0 atom stereocenters. The average molecular weight is 396 g/mol. The van der Waals surface area contributed by atoms with E-state index in [1.54, 1.807) is 6.33 Å². The van der Waals surface area contributed by atoms with Crippen LogP contribution >= 0.6 is 0 Å². The third kappa shape index (κ3) is 5.16. The molecule has 4 heterocycles. The Balaban J connectivity index is 1.31. The van der Waals surface area contributed by atoms with Gasteiger partial charge in [-0.25, -0.2) is 9.97 Å². The van der Waals surface area contributed by atoms with Crippen LogP contribution < -0.4 is 0 Å². The van der Waals surface area contributed by atoms with Gasteiger partial charge in [-0.3, -0.25) is 9.78 Å². The van der Waals surface area contributed by atoms with Gasteiger partial charge in [0.05, 0.1) is 13.2 Å². The smallest absolute Gasteiger partial charge is 0.224 e. The van der Waals surface area contributed by atoms with Crippen LogP contribution in [0.5, 0.6) is 0 Å². The fraction of sp³-hybridized carbons (Fsp3) is 0.545. The first-order chi connectivity index (χ1) is 14.2. The molecule has 154 valence electrons. The first-order valence-electron chi connectivity index (χ1n) is 10.5. The molecule has 7 heteroatoms. The van der Waals surface area contributed by atoms with Crippen molar-refractivity contribution in [3.05, 3.63) is 42.2 Å². The highest BCUT2D eigenvalue weighted by Gasteiger charge is 2.24. The molecular weight excluding hydrogens is 366 g/mol. The molecule has 0 aliphatic carbocycles. The molecule has 2 saturated heterocycles. The quantitative estimate of drug-likeness (QED) is 0.773. The molecule has 2 aliphatic heterocycles. The lowest BCUT2D eigenvalue weighted by Gasteiger charge is -2.33. The van der Waals surface area contributed by atoms with E-state index in [0.29, 0.717) is 25.6 Å². The fourth-order valence-electron chi connectivity index (χ4n) is 4.20. The number of rotatable bonds is 5. The van der Waals surface area contributed by atoms with Gasteiger partial charge in [-0.15, -0.1) is 0 Å². The molecular formula is C22H29N5O2. The zero-order chi connectivity index (χ0) is 20.1. The van der Waals surface area contributed by atoms with Crippen LogP contribution in [0.25, 0.3) is 11.1 Å². The molecule has 29 heavy (non-hydrogen) atoms. The minimum Gasteiger partial charge on any atom is -0.378 e. The Hall–Kier alpha value is -2.38. The summed E-state index contributed by atoms with van der Waals surface area (Å²) in [6.45, 7) is 7.71. The molecule has 4 rings (SSSR count).